The first-order valence-corrected chi connectivity index (χ1v) is 11.6. The number of methoxy groups -OCH3 is 1. The first kappa shape index (κ1) is 25.7. The summed E-state index contributed by atoms with van der Waals surface area (Å²) in [5.41, 5.74) is 4.28. The minimum absolute atomic E-state index is 0.265. The van der Waals surface area contributed by atoms with Gasteiger partial charge in [-0.2, -0.15) is 0 Å². The number of aromatic nitrogens is 1. The second-order valence-electron chi connectivity index (χ2n) is 8.01. The zero-order chi connectivity index (χ0) is 25.4. The number of aryl methyl sites for hydroxylation is 1. The van der Waals surface area contributed by atoms with Crippen molar-refractivity contribution >= 4 is 17.7 Å². The van der Waals surface area contributed by atoms with Crippen LogP contribution in [0.5, 0.6) is 11.5 Å². The Balaban J connectivity index is 1.90. The molecule has 0 spiro atoms. The molecule has 0 aliphatic rings. The van der Waals surface area contributed by atoms with E-state index in [0.717, 1.165) is 22.6 Å². The number of hydrogen-bond donors (Lipinski definition) is 2. The minimum atomic E-state index is -0.373. The summed E-state index contributed by atoms with van der Waals surface area (Å²) in [6, 6.07) is 14.6. The van der Waals surface area contributed by atoms with Crippen molar-refractivity contribution in [2.24, 2.45) is 0 Å². The number of benzene rings is 2. The Hall–Kier alpha value is -3.94. The van der Waals surface area contributed by atoms with Crippen LogP contribution in [0.1, 0.15) is 46.7 Å². The number of H-pyrrole nitrogens is 1. The summed E-state index contributed by atoms with van der Waals surface area (Å²) in [6.07, 6.45) is 0. The monoisotopic (exact) mass is 479 g/mol. The molecule has 0 aliphatic carbocycles. The molecule has 0 radical (unpaired) electrons. The van der Waals surface area contributed by atoms with Crippen LogP contribution in [0.3, 0.4) is 0 Å². The highest BCUT2D eigenvalue weighted by Crippen LogP contribution is 2.26. The molecule has 35 heavy (non-hydrogen) atoms. The third kappa shape index (κ3) is 6.35. The second kappa shape index (κ2) is 12.0. The van der Waals surface area contributed by atoms with E-state index in [-0.39, 0.29) is 18.5 Å². The van der Waals surface area contributed by atoms with Gasteiger partial charge in [0.1, 0.15) is 11.5 Å². The average molecular weight is 480 g/mol. The van der Waals surface area contributed by atoms with E-state index < -0.39 is 0 Å². The van der Waals surface area contributed by atoms with Crippen molar-refractivity contribution < 1.29 is 23.8 Å². The lowest BCUT2D eigenvalue weighted by atomic mass is 10.1. The predicted molar refractivity (Wildman–Crippen MR) is 135 cm³/mol. The summed E-state index contributed by atoms with van der Waals surface area (Å²) >= 11 is 0. The van der Waals surface area contributed by atoms with E-state index >= 15 is 0 Å². The number of esters is 1. The van der Waals surface area contributed by atoms with Crippen LogP contribution in [0.25, 0.3) is 0 Å². The van der Waals surface area contributed by atoms with Gasteiger partial charge in [-0.1, -0.05) is 24.3 Å². The van der Waals surface area contributed by atoms with Crippen LogP contribution in [-0.4, -0.2) is 42.2 Å². The lowest BCUT2D eigenvalue weighted by molar-refractivity contribution is 0.0525. The highest BCUT2D eigenvalue weighted by Gasteiger charge is 2.23. The molecule has 0 unspecified atom stereocenters. The number of carbonyl (C=O) groups excluding carboxylic acids is 2. The number of rotatable bonds is 10. The summed E-state index contributed by atoms with van der Waals surface area (Å²) in [5, 5.41) is 2.97. The standard InChI is InChI=1S/C27H33N3O5/c1-6-34-24-11-9-8-10-22(24)29-27(32)30(16-20-12-14-21(33-5)15-13-20)17-23-18(3)25(19(4)28-23)26(31)35-7-2/h8-15,28H,6-7,16-17H2,1-5H3,(H,29,32). The molecule has 0 atom stereocenters. The lowest BCUT2D eigenvalue weighted by Gasteiger charge is -2.24. The number of anilines is 1. The predicted octanol–water partition coefficient (Wildman–Crippen LogP) is 5.45. The van der Waals surface area contributed by atoms with Gasteiger partial charge in [0, 0.05) is 17.9 Å². The molecule has 1 aromatic heterocycles. The molecule has 186 valence electrons. The number of hydrogen-bond acceptors (Lipinski definition) is 5. The van der Waals surface area contributed by atoms with Gasteiger partial charge in [0.25, 0.3) is 0 Å². The first-order chi connectivity index (χ1) is 16.9. The fourth-order valence-electron chi connectivity index (χ4n) is 3.87. The molecule has 2 aromatic carbocycles. The molecule has 3 rings (SSSR count). The van der Waals surface area contributed by atoms with E-state index in [4.69, 9.17) is 14.2 Å². The molecule has 0 saturated heterocycles. The fraction of sp³-hybridized carbons (Fsp3) is 0.333. The Bertz CT molecular complexity index is 1150. The molecular weight excluding hydrogens is 446 g/mol. The summed E-state index contributed by atoms with van der Waals surface area (Å²) in [6.45, 7) is 8.75. The van der Waals surface area contributed by atoms with Gasteiger partial charge in [0.15, 0.2) is 0 Å². The van der Waals surface area contributed by atoms with Crippen molar-refractivity contribution in [3.05, 3.63) is 76.6 Å². The number of aromatic amines is 1. The van der Waals surface area contributed by atoms with E-state index in [2.05, 4.69) is 10.3 Å². The number of urea groups is 1. The van der Waals surface area contributed by atoms with Crippen LogP contribution >= 0.6 is 0 Å². The SMILES string of the molecule is CCOC(=O)c1c(C)[nH]c(CN(Cc2ccc(OC)cc2)C(=O)Nc2ccccc2OCC)c1C. The second-order valence-corrected chi connectivity index (χ2v) is 8.01. The van der Waals surface area contributed by atoms with Crippen LogP contribution in [-0.2, 0) is 17.8 Å². The van der Waals surface area contributed by atoms with Gasteiger partial charge in [0.05, 0.1) is 38.1 Å². The van der Waals surface area contributed by atoms with Gasteiger partial charge in [-0.3, -0.25) is 0 Å². The van der Waals surface area contributed by atoms with Crippen molar-refractivity contribution in [3.63, 3.8) is 0 Å². The largest absolute Gasteiger partial charge is 0.497 e. The molecule has 0 fully saturated rings. The molecule has 1 heterocycles. The van der Waals surface area contributed by atoms with Gasteiger partial charge in [-0.25, -0.2) is 9.59 Å². The average Bonchev–Trinajstić information content (AvgIpc) is 3.13. The van der Waals surface area contributed by atoms with Crippen molar-refractivity contribution in [3.8, 4) is 11.5 Å². The van der Waals surface area contributed by atoms with Crippen molar-refractivity contribution in [1.82, 2.24) is 9.88 Å². The van der Waals surface area contributed by atoms with Gasteiger partial charge >= 0.3 is 12.0 Å². The van der Waals surface area contributed by atoms with Gasteiger partial charge in [-0.05, 0) is 63.1 Å². The van der Waals surface area contributed by atoms with Crippen molar-refractivity contribution in [1.29, 1.82) is 0 Å². The van der Waals surface area contributed by atoms with E-state index in [1.807, 2.05) is 63.2 Å². The van der Waals surface area contributed by atoms with E-state index in [1.165, 1.54) is 0 Å². The van der Waals surface area contributed by atoms with E-state index in [0.29, 0.717) is 42.5 Å². The van der Waals surface area contributed by atoms with E-state index in [1.54, 1.807) is 25.0 Å². The molecule has 3 aromatic rings. The molecule has 0 saturated carbocycles. The Labute approximate surface area is 206 Å². The highest BCUT2D eigenvalue weighted by molar-refractivity contribution is 5.93. The minimum Gasteiger partial charge on any atom is -0.497 e. The molecule has 0 bridgehead atoms. The maximum absolute atomic E-state index is 13.5. The lowest BCUT2D eigenvalue weighted by Crippen LogP contribution is -2.34. The van der Waals surface area contributed by atoms with Crippen LogP contribution < -0.4 is 14.8 Å². The number of amides is 2. The van der Waals surface area contributed by atoms with Crippen LogP contribution in [0.2, 0.25) is 0 Å². The highest BCUT2D eigenvalue weighted by atomic mass is 16.5. The topological polar surface area (TPSA) is 92.9 Å². The zero-order valence-corrected chi connectivity index (χ0v) is 20.9. The number of carbonyl (C=O) groups is 2. The van der Waals surface area contributed by atoms with Crippen LogP contribution in [0, 0.1) is 13.8 Å². The smallest absolute Gasteiger partial charge is 0.340 e. The molecule has 8 nitrogen and oxygen atoms in total. The van der Waals surface area contributed by atoms with Crippen molar-refractivity contribution in [2.45, 2.75) is 40.8 Å². The zero-order valence-electron chi connectivity index (χ0n) is 20.9. The third-order valence-corrected chi connectivity index (χ3v) is 5.62. The Morgan fingerprint density at radius 2 is 1.69 bits per heavy atom. The normalized spacial score (nSPS) is 10.5. The maximum Gasteiger partial charge on any atom is 0.340 e. The Kier molecular flexibility index (Phi) is 8.78. The summed E-state index contributed by atoms with van der Waals surface area (Å²) < 4.78 is 16.1. The number of ether oxygens (including phenoxy) is 3. The Morgan fingerprint density at radius 3 is 2.34 bits per heavy atom. The maximum atomic E-state index is 13.5. The van der Waals surface area contributed by atoms with Crippen molar-refractivity contribution in [2.75, 3.05) is 25.6 Å². The number of nitrogens with one attached hydrogen (secondary N) is 2. The molecule has 2 N–H and O–H groups in total. The Morgan fingerprint density at radius 1 is 0.971 bits per heavy atom. The summed E-state index contributed by atoms with van der Waals surface area (Å²) in [7, 11) is 1.61. The molecular formula is C27H33N3O5. The van der Waals surface area contributed by atoms with Crippen LogP contribution in [0.4, 0.5) is 10.5 Å². The summed E-state index contributed by atoms with van der Waals surface area (Å²) in [4.78, 5) is 30.9. The molecule has 8 heteroatoms. The fourth-order valence-corrected chi connectivity index (χ4v) is 3.87. The molecule has 2 amide bonds. The first-order valence-electron chi connectivity index (χ1n) is 11.6. The summed E-state index contributed by atoms with van der Waals surface area (Å²) in [5.74, 6) is 0.969. The number of para-hydroxylation sites is 2. The van der Waals surface area contributed by atoms with Gasteiger partial charge in [-0.15, -0.1) is 0 Å². The molecule has 0 aliphatic heterocycles. The van der Waals surface area contributed by atoms with Gasteiger partial charge in [0.2, 0.25) is 0 Å². The number of nitrogens with zero attached hydrogens (tertiary/aromatic N) is 1. The third-order valence-electron chi connectivity index (χ3n) is 5.62. The quantitative estimate of drug-likeness (QED) is 0.377. The van der Waals surface area contributed by atoms with Crippen LogP contribution in [0.15, 0.2) is 48.5 Å². The van der Waals surface area contributed by atoms with E-state index in [9.17, 15) is 9.59 Å². The van der Waals surface area contributed by atoms with Gasteiger partial charge < -0.3 is 29.4 Å².